The summed E-state index contributed by atoms with van der Waals surface area (Å²) in [5.41, 5.74) is 1.21. The molecule has 98 valence electrons. The molecule has 0 atom stereocenters. The SMILES string of the molecule is N#Cc1ccc(S(=O)(=O)NCc2ccsc2)c(Cl)c1. The van der Waals surface area contributed by atoms with E-state index in [-0.39, 0.29) is 16.5 Å². The zero-order valence-corrected chi connectivity index (χ0v) is 12.0. The molecule has 0 bridgehead atoms. The quantitative estimate of drug-likeness (QED) is 0.943. The lowest BCUT2D eigenvalue weighted by Gasteiger charge is -2.07. The van der Waals surface area contributed by atoms with Crippen LogP contribution in [-0.2, 0) is 16.6 Å². The smallest absolute Gasteiger partial charge is 0.207 e. The van der Waals surface area contributed by atoms with Gasteiger partial charge in [0.25, 0.3) is 0 Å². The van der Waals surface area contributed by atoms with Crippen LogP contribution in [-0.4, -0.2) is 8.42 Å². The molecule has 19 heavy (non-hydrogen) atoms. The molecule has 0 aliphatic rings. The van der Waals surface area contributed by atoms with Gasteiger partial charge in [0, 0.05) is 6.54 Å². The number of rotatable bonds is 4. The molecule has 0 aliphatic carbocycles. The first kappa shape index (κ1) is 14.0. The number of nitriles is 1. The van der Waals surface area contributed by atoms with Gasteiger partial charge in [-0.3, -0.25) is 0 Å². The van der Waals surface area contributed by atoms with Crippen LogP contribution < -0.4 is 4.72 Å². The lowest BCUT2D eigenvalue weighted by atomic mass is 10.2. The maximum absolute atomic E-state index is 12.1. The molecular formula is C12H9ClN2O2S2. The van der Waals surface area contributed by atoms with Crippen LogP contribution >= 0.6 is 22.9 Å². The third-order valence-corrected chi connectivity index (χ3v) is 5.01. The van der Waals surface area contributed by atoms with Crippen LogP contribution in [0.5, 0.6) is 0 Å². The summed E-state index contributed by atoms with van der Waals surface area (Å²) in [6, 6.07) is 7.83. The minimum absolute atomic E-state index is 0.0246. The molecule has 1 aromatic heterocycles. The predicted octanol–water partition coefficient (Wildman–Crippen LogP) is 2.75. The summed E-state index contributed by atoms with van der Waals surface area (Å²) in [4.78, 5) is -0.0246. The number of nitrogens with zero attached hydrogens (tertiary/aromatic N) is 1. The van der Waals surface area contributed by atoms with E-state index in [0.717, 1.165) is 5.56 Å². The van der Waals surface area contributed by atoms with E-state index in [1.165, 1.54) is 29.5 Å². The molecule has 0 spiro atoms. The first-order chi connectivity index (χ1) is 9.03. The number of thiophene rings is 1. The molecule has 2 aromatic rings. The van der Waals surface area contributed by atoms with Crippen LogP contribution in [0.15, 0.2) is 39.9 Å². The second kappa shape index (κ2) is 5.72. The van der Waals surface area contributed by atoms with E-state index >= 15 is 0 Å². The number of sulfonamides is 1. The summed E-state index contributed by atoms with van der Waals surface area (Å²) in [5, 5.41) is 12.5. The van der Waals surface area contributed by atoms with Crippen LogP contribution in [0.3, 0.4) is 0 Å². The Morgan fingerprint density at radius 1 is 1.37 bits per heavy atom. The molecule has 4 nitrogen and oxygen atoms in total. The average Bonchev–Trinajstić information content (AvgIpc) is 2.89. The lowest BCUT2D eigenvalue weighted by molar-refractivity contribution is 0.581. The monoisotopic (exact) mass is 312 g/mol. The van der Waals surface area contributed by atoms with Crippen molar-refractivity contribution < 1.29 is 8.42 Å². The van der Waals surface area contributed by atoms with Crippen molar-refractivity contribution in [1.29, 1.82) is 5.26 Å². The summed E-state index contributed by atoms with van der Waals surface area (Å²) in [6.07, 6.45) is 0. The highest BCUT2D eigenvalue weighted by Gasteiger charge is 2.17. The van der Waals surface area contributed by atoms with E-state index in [9.17, 15) is 8.42 Å². The summed E-state index contributed by atoms with van der Waals surface area (Å²) >= 11 is 7.38. The van der Waals surface area contributed by atoms with Crippen LogP contribution in [0.1, 0.15) is 11.1 Å². The Kier molecular flexibility index (Phi) is 4.22. The largest absolute Gasteiger partial charge is 0.242 e. The minimum Gasteiger partial charge on any atom is -0.207 e. The van der Waals surface area contributed by atoms with E-state index in [1.54, 1.807) is 0 Å². The number of halogens is 1. The van der Waals surface area contributed by atoms with Crippen molar-refractivity contribution in [2.24, 2.45) is 0 Å². The maximum atomic E-state index is 12.1. The molecule has 1 heterocycles. The Morgan fingerprint density at radius 2 is 2.16 bits per heavy atom. The van der Waals surface area contributed by atoms with Gasteiger partial charge in [0.1, 0.15) is 4.90 Å². The average molecular weight is 313 g/mol. The normalized spacial score (nSPS) is 11.2. The van der Waals surface area contributed by atoms with Crippen molar-refractivity contribution in [3.8, 4) is 6.07 Å². The fourth-order valence-electron chi connectivity index (χ4n) is 1.44. The Hall–Kier alpha value is -1.39. The predicted molar refractivity (Wildman–Crippen MR) is 74.5 cm³/mol. The first-order valence-electron chi connectivity index (χ1n) is 5.23. The number of benzene rings is 1. The minimum atomic E-state index is -3.68. The van der Waals surface area contributed by atoms with Crippen LogP contribution in [0.4, 0.5) is 0 Å². The van der Waals surface area contributed by atoms with Crippen molar-refractivity contribution in [2.75, 3.05) is 0 Å². The molecule has 1 N–H and O–H groups in total. The molecule has 0 aliphatic heterocycles. The van der Waals surface area contributed by atoms with Crippen LogP contribution in [0.2, 0.25) is 5.02 Å². The van der Waals surface area contributed by atoms with E-state index in [1.807, 2.05) is 22.9 Å². The number of nitrogens with one attached hydrogen (secondary N) is 1. The van der Waals surface area contributed by atoms with Crippen molar-refractivity contribution in [2.45, 2.75) is 11.4 Å². The fourth-order valence-corrected chi connectivity index (χ4v) is 3.67. The van der Waals surface area contributed by atoms with Gasteiger partial charge in [-0.05, 0) is 40.6 Å². The second-order valence-corrected chi connectivity index (χ2v) is 6.64. The summed E-state index contributed by atoms with van der Waals surface area (Å²) in [6.45, 7) is 0.210. The van der Waals surface area contributed by atoms with Crippen molar-refractivity contribution >= 4 is 33.0 Å². The third kappa shape index (κ3) is 3.33. The van der Waals surface area contributed by atoms with Gasteiger partial charge >= 0.3 is 0 Å². The zero-order chi connectivity index (χ0) is 13.9. The highest BCUT2D eigenvalue weighted by atomic mass is 35.5. The van der Waals surface area contributed by atoms with Gasteiger partial charge in [0.05, 0.1) is 16.7 Å². The van der Waals surface area contributed by atoms with Gasteiger partial charge < -0.3 is 0 Å². The third-order valence-electron chi connectivity index (χ3n) is 2.40. The Balaban J connectivity index is 2.22. The number of hydrogen-bond acceptors (Lipinski definition) is 4. The molecule has 7 heteroatoms. The van der Waals surface area contributed by atoms with Gasteiger partial charge in [0.15, 0.2) is 0 Å². The standard InChI is InChI=1S/C12H9ClN2O2S2/c13-11-5-9(6-14)1-2-12(11)19(16,17)15-7-10-3-4-18-8-10/h1-5,8,15H,7H2. The van der Waals surface area contributed by atoms with Gasteiger partial charge in [0.2, 0.25) is 10.0 Å². The topological polar surface area (TPSA) is 70.0 Å². The van der Waals surface area contributed by atoms with Crippen LogP contribution in [0.25, 0.3) is 0 Å². The lowest BCUT2D eigenvalue weighted by Crippen LogP contribution is -2.23. The zero-order valence-electron chi connectivity index (χ0n) is 9.63. The molecule has 0 unspecified atom stereocenters. The maximum Gasteiger partial charge on any atom is 0.242 e. The van der Waals surface area contributed by atoms with E-state index in [4.69, 9.17) is 16.9 Å². The van der Waals surface area contributed by atoms with Crippen molar-refractivity contribution in [3.05, 3.63) is 51.2 Å². The fraction of sp³-hybridized carbons (Fsp3) is 0.0833. The molecule has 0 saturated carbocycles. The highest BCUT2D eigenvalue weighted by molar-refractivity contribution is 7.89. The Labute approximate surface area is 120 Å². The Bertz CT molecular complexity index is 719. The van der Waals surface area contributed by atoms with E-state index < -0.39 is 10.0 Å². The van der Waals surface area contributed by atoms with Crippen molar-refractivity contribution in [1.82, 2.24) is 4.72 Å². The molecule has 1 aromatic carbocycles. The first-order valence-corrected chi connectivity index (χ1v) is 8.04. The molecule has 0 amide bonds. The molecule has 0 fully saturated rings. The van der Waals surface area contributed by atoms with Gasteiger partial charge in [-0.1, -0.05) is 11.6 Å². The summed E-state index contributed by atoms with van der Waals surface area (Å²) < 4.78 is 26.6. The molecular weight excluding hydrogens is 304 g/mol. The van der Waals surface area contributed by atoms with Gasteiger partial charge in [-0.15, -0.1) is 0 Å². The van der Waals surface area contributed by atoms with Gasteiger partial charge in [-0.2, -0.15) is 16.6 Å². The van der Waals surface area contributed by atoms with Crippen molar-refractivity contribution in [3.63, 3.8) is 0 Å². The van der Waals surface area contributed by atoms with Gasteiger partial charge in [-0.25, -0.2) is 13.1 Å². The molecule has 2 rings (SSSR count). The molecule has 0 saturated heterocycles. The molecule has 0 radical (unpaired) electrons. The van der Waals surface area contributed by atoms with E-state index in [0.29, 0.717) is 5.56 Å². The number of hydrogen-bond donors (Lipinski definition) is 1. The van der Waals surface area contributed by atoms with E-state index in [2.05, 4.69) is 4.72 Å². The summed E-state index contributed by atoms with van der Waals surface area (Å²) in [7, 11) is -3.68. The summed E-state index contributed by atoms with van der Waals surface area (Å²) in [5.74, 6) is 0. The highest BCUT2D eigenvalue weighted by Crippen LogP contribution is 2.22. The van der Waals surface area contributed by atoms with Crippen LogP contribution in [0, 0.1) is 11.3 Å². The Morgan fingerprint density at radius 3 is 2.74 bits per heavy atom. The second-order valence-electron chi connectivity index (χ2n) is 3.71.